The Labute approximate surface area is 123 Å². The molecule has 1 amide bonds. The van der Waals surface area contributed by atoms with E-state index in [-0.39, 0.29) is 5.91 Å². The van der Waals surface area contributed by atoms with Gasteiger partial charge < -0.3 is 9.64 Å². The van der Waals surface area contributed by atoms with E-state index in [1.165, 1.54) is 12.8 Å². The number of rotatable bonds is 2. The monoisotopic (exact) mass is 325 g/mol. The summed E-state index contributed by atoms with van der Waals surface area (Å²) in [7, 11) is 1.60. The molecule has 1 aliphatic rings. The molecule has 0 bridgehead atoms. The number of carbonyl (C=O) groups excluding carboxylic acids is 1. The lowest BCUT2D eigenvalue weighted by molar-refractivity contribution is 0.0694. The number of benzene rings is 1. The Morgan fingerprint density at radius 3 is 2.89 bits per heavy atom. The summed E-state index contributed by atoms with van der Waals surface area (Å²) in [5.74, 6) is 0.717. The summed E-state index contributed by atoms with van der Waals surface area (Å²) < 4.78 is 6.25. The van der Waals surface area contributed by atoms with E-state index in [4.69, 9.17) is 4.74 Å². The summed E-state index contributed by atoms with van der Waals surface area (Å²) in [6, 6.07) is 5.87. The molecule has 0 N–H and O–H groups in total. The van der Waals surface area contributed by atoms with Crippen LogP contribution in [0.4, 0.5) is 0 Å². The molecule has 104 valence electrons. The molecular formula is C15H20BrNO2. The first-order valence-electron chi connectivity index (χ1n) is 6.78. The Hall–Kier alpha value is -1.03. The van der Waals surface area contributed by atoms with E-state index in [1.807, 2.05) is 23.1 Å². The van der Waals surface area contributed by atoms with Crippen LogP contribution >= 0.6 is 15.9 Å². The van der Waals surface area contributed by atoms with Crippen molar-refractivity contribution in [2.24, 2.45) is 0 Å². The van der Waals surface area contributed by atoms with Crippen LogP contribution in [-0.4, -0.2) is 30.5 Å². The average molecular weight is 326 g/mol. The summed E-state index contributed by atoms with van der Waals surface area (Å²) in [5, 5.41) is 0. The van der Waals surface area contributed by atoms with Crippen LogP contribution in [0.1, 0.15) is 43.0 Å². The van der Waals surface area contributed by atoms with E-state index in [0.29, 0.717) is 17.4 Å². The average Bonchev–Trinajstić information content (AvgIpc) is 2.62. The maximum atomic E-state index is 12.7. The number of halogens is 1. The quantitative estimate of drug-likeness (QED) is 0.826. The van der Waals surface area contributed by atoms with Gasteiger partial charge in [-0.15, -0.1) is 0 Å². The maximum Gasteiger partial charge on any atom is 0.257 e. The van der Waals surface area contributed by atoms with Crippen molar-refractivity contribution in [3.05, 3.63) is 28.2 Å². The van der Waals surface area contributed by atoms with Crippen molar-refractivity contribution in [3.63, 3.8) is 0 Å². The Balaban J connectivity index is 2.27. The molecule has 4 heteroatoms. The molecule has 0 radical (unpaired) electrons. The van der Waals surface area contributed by atoms with Gasteiger partial charge in [0.1, 0.15) is 5.75 Å². The predicted octanol–water partition coefficient (Wildman–Crippen LogP) is 3.86. The fourth-order valence-electron chi connectivity index (χ4n) is 2.57. The van der Waals surface area contributed by atoms with Gasteiger partial charge in [0.15, 0.2) is 0 Å². The molecule has 1 heterocycles. The van der Waals surface area contributed by atoms with Crippen LogP contribution in [0, 0.1) is 0 Å². The predicted molar refractivity (Wildman–Crippen MR) is 79.7 cm³/mol. The minimum Gasteiger partial charge on any atom is -0.496 e. The Morgan fingerprint density at radius 1 is 1.37 bits per heavy atom. The highest BCUT2D eigenvalue weighted by Gasteiger charge is 2.25. The zero-order chi connectivity index (χ0) is 13.8. The molecule has 0 aromatic heterocycles. The third-order valence-corrected chi connectivity index (χ3v) is 4.20. The van der Waals surface area contributed by atoms with Crippen molar-refractivity contribution in [2.45, 2.75) is 38.6 Å². The summed E-state index contributed by atoms with van der Waals surface area (Å²) in [5.41, 5.74) is 0.652. The summed E-state index contributed by atoms with van der Waals surface area (Å²) in [6.07, 6.45) is 4.60. The highest BCUT2D eigenvalue weighted by atomic mass is 79.9. The van der Waals surface area contributed by atoms with Gasteiger partial charge in [-0.1, -0.05) is 28.8 Å². The van der Waals surface area contributed by atoms with Crippen LogP contribution in [0.25, 0.3) is 0 Å². The SMILES string of the molecule is COc1cc(Br)ccc1C(=O)N1CCCCCC1C. The Morgan fingerprint density at radius 2 is 2.16 bits per heavy atom. The fourth-order valence-corrected chi connectivity index (χ4v) is 2.91. The molecule has 1 aromatic rings. The number of likely N-dealkylation sites (tertiary alicyclic amines) is 1. The van der Waals surface area contributed by atoms with Gasteiger partial charge in [-0.3, -0.25) is 4.79 Å². The molecule has 1 fully saturated rings. The highest BCUT2D eigenvalue weighted by Crippen LogP contribution is 2.27. The third kappa shape index (κ3) is 3.30. The smallest absolute Gasteiger partial charge is 0.257 e. The number of amides is 1. The van der Waals surface area contributed by atoms with Crippen molar-refractivity contribution in [2.75, 3.05) is 13.7 Å². The minimum absolute atomic E-state index is 0.0822. The molecule has 0 aliphatic carbocycles. The number of methoxy groups -OCH3 is 1. The van der Waals surface area contributed by atoms with Crippen LogP contribution in [0.2, 0.25) is 0 Å². The first kappa shape index (κ1) is 14.4. The maximum absolute atomic E-state index is 12.7. The van der Waals surface area contributed by atoms with Gasteiger partial charge in [0.2, 0.25) is 0 Å². The van der Waals surface area contributed by atoms with Crippen molar-refractivity contribution in [1.29, 1.82) is 0 Å². The van der Waals surface area contributed by atoms with E-state index >= 15 is 0 Å². The number of nitrogens with zero attached hydrogens (tertiary/aromatic N) is 1. The molecule has 3 nitrogen and oxygen atoms in total. The van der Waals surface area contributed by atoms with E-state index in [1.54, 1.807) is 7.11 Å². The van der Waals surface area contributed by atoms with Crippen molar-refractivity contribution in [3.8, 4) is 5.75 Å². The summed E-state index contributed by atoms with van der Waals surface area (Å²) in [6.45, 7) is 2.98. The van der Waals surface area contributed by atoms with Gasteiger partial charge in [0.05, 0.1) is 12.7 Å². The van der Waals surface area contributed by atoms with E-state index in [9.17, 15) is 4.79 Å². The van der Waals surface area contributed by atoms with Crippen LogP contribution < -0.4 is 4.74 Å². The van der Waals surface area contributed by atoms with Crippen molar-refractivity contribution in [1.82, 2.24) is 4.90 Å². The van der Waals surface area contributed by atoms with Crippen molar-refractivity contribution >= 4 is 21.8 Å². The van der Waals surface area contributed by atoms with Crippen LogP contribution in [-0.2, 0) is 0 Å². The Bertz CT molecular complexity index is 461. The zero-order valence-electron chi connectivity index (χ0n) is 11.5. The van der Waals surface area contributed by atoms with Gasteiger partial charge >= 0.3 is 0 Å². The lowest BCUT2D eigenvalue weighted by atomic mass is 10.1. The molecule has 1 aliphatic heterocycles. The lowest BCUT2D eigenvalue weighted by Gasteiger charge is -2.27. The summed E-state index contributed by atoms with van der Waals surface area (Å²) in [4.78, 5) is 14.7. The van der Waals surface area contributed by atoms with E-state index < -0.39 is 0 Å². The molecule has 0 saturated carbocycles. The first-order chi connectivity index (χ1) is 9.13. The van der Waals surface area contributed by atoms with Crippen LogP contribution in [0.5, 0.6) is 5.75 Å². The standard InChI is InChI=1S/C15H20BrNO2/c1-11-6-4-3-5-9-17(11)15(18)13-8-7-12(16)10-14(13)19-2/h7-8,10-11H,3-6,9H2,1-2H3. The number of hydrogen-bond donors (Lipinski definition) is 0. The number of ether oxygens (including phenoxy) is 1. The second-order valence-electron chi connectivity index (χ2n) is 5.04. The third-order valence-electron chi connectivity index (χ3n) is 3.71. The molecule has 1 aromatic carbocycles. The van der Waals surface area contributed by atoms with Gasteiger partial charge in [0.25, 0.3) is 5.91 Å². The highest BCUT2D eigenvalue weighted by molar-refractivity contribution is 9.10. The second kappa shape index (κ2) is 6.42. The Kier molecular flexibility index (Phi) is 4.86. The van der Waals surface area contributed by atoms with Crippen molar-refractivity contribution < 1.29 is 9.53 Å². The number of carbonyl (C=O) groups is 1. The van der Waals surface area contributed by atoms with Crippen LogP contribution in [0.3, 0.4) is 0 Å². The molecule has 0 spiro atoms. The molecule has 19 heavy (non-hydrogen) atoms. The molecule has 2 rings (SSSR count). The normalized spacial score (nSPS) is 19.9. The zero-order valence-corrected chi connectivity index (χ0v) is 13.1. The first-order valence-corrected chi connectivity index (χ1v) is 7.57. The fraction of sp³-hybridized carbons (Fsp3) is 0.533. The topological polar surface area (TPSA) is 29.5 Å². The summed E-state index contributed by atoms with van der Waals surface area (Å²) >= 11 is 3.40. The minimum atomic E-state index is 0.0822. The van der Waals surface area contributed by atoms with Gasteiger partial charge in [-0.05, 0) is 38.0 Å². The lowest BCUT2D eigenvalue weighted by Crippen LogP contribution is -2.38. The van der Waals surface area contributed by atoms with Crippen LogP contribution in [0.15, 0.2) is 22.7 Å². The molecule has 1 unspecified atom stereocenters. The van der Waals surface area contributed by atoms with E-state index in [0.717, 1.165) is 23.9 Å². The van der Waals surface area contributed by atoms with Gasteiger partial charge in [-0.2, -0.15) is 0 Å². The van der Waals surface area contributed by atoms with Gasteiger partial charge in [0, 0.05) is 17.1 Å². The molecular weight excluding hydrogens is 306 g/mol. The van der Waals surface area contributed by atoms with E-state index in [2.05, 4.69) is 22.9 Å². The number of hydrogen-bond acceptors (Lipinski definition) is 2. The molecule has 1 saturated heterocycles. The second-order valence-corrected chi connectivity index (χ2v) is 5.96. The largest absolute Gasteiger partial charge is 0.496 e. The van der Waals surface area contributed by atoms with Gasteiger partial charge in [-0.25, -0.2) is 0 Å². The molecule has 1 atom stereocenters.